The molecule has 0 atom stereocenters. The highest BCUT2D eigenvalue weighted by Crippen LogP contribution is 2.25. The Labute approximate surface area is 123 Å². The molecule has 0 unspecified atom stereocenters. The van der Waals surface area contributed by atoms with Gasteiger partial charge in [0, 0.05) is 5.56 Å². The summed E-state index contributed by atoms with van der Waals surface area (Å²) in [5.41, 5.74) is 9.20. The van der Waals surface area contributed by atoms with Crippen molar-refractivity contribution in [2.45, 2.75) is 19.8 Å². The highest BCUT2D eigenvalue weighted by atomic mass is 16.2. The number of aromatic nitrogens is 2. The lowest BCUT2D eigenvalue weighted by Crippen LogP contribution is -2.20. The third-order valence-corrected chi connectivity index (χ3v) is 3.51. The molecule has 0 aliphatic carbocycles. The number of hydrogen-bond donors (Lipinski definition) is 1. The molecule has 106 valence electrons. The zero-order chi connectivity index (χ0) is 14.8. The summed E-state index contributed by atoms with van der Waals surface area (Å²) >= 11 is 0. The van der Waals surface area contributed by atoms with Gasteiger partial charge in [0.25, 0.3) is 0 Å². The van der Waals surface area contributed by atoms with Gasteiger partial charge in [0.05, 0.1) is 11.0 Å². The van der Waals surface area contributed by atoms with E-state index in [-0.39, 0.29) is 0 Å². The fraction of sp³-hybridized carbons (Fsp3) is 0.176. The molecular weight excluding hydrogens is 262 g/mol. The summed E-state index contributed by atoms with van der Waals surface area (Å²) < 4.78 is 1.47. The molecule has 0 spiro atoms. The van der Waals surface area contributed by atoms with E-state index in [9.17, 15) is 4.79 Å². The molecule has 0 saturated carbocycles. The maximum absolute atomic E-state index is 11.8. The summed E-state index contributed by atoms with van der Waals surface area (Å²) in [5, 5.41) is 0. The number of carbonyl (C=O) groups is 1. The number of amides is 1. The van der Waals surface area contributed by atoms with E-state index < -0.39 is 6.03 Å². The minimum absolute atomic E-state index is 0.514. The first-order chi connectivity index (χ1) is 10.2. The van der Waals surface area contributed by atoms with Crippen LogP contribution in [0, 0.1) is 0 Å². The van der Waals surface area contributed by atoms with Gasteiger partial charge >= 0.3 is 6.03 Å². The molecule has 21 heavy (non-hydrogen) atoms. The van der Waals surface area contributed by atoms with Gasteiger partial charge in [-0.05, 0) is 30.2 Å². The average Bonchev–Trinajstić information content (AvgIpc) is 2.87. The van der Waals surface area contributed by atoms with Crippen LogP contribution in [0.4, 0.5) is 4.79 Å². The number of para-hydroxylation sites is 2. The fourth-order valence-corrected chi connectivity index (χ4v) is 2.60. The molecule has 1 heterocycles. The van der Waals surface area contributed by atoms with Gasteiger partial charge in [0.2, 0.25) is 0 Å². The van der Waals surface area contributed by atoms with Gasteiger partial charge in [-0.25, -0.2) is 14.3 Å². The van der Waals surface area contributed by atoms with Crippen molar-refractivity contribution in [2.75, 3.05) is 0 Å². The lowest BCUT2D eigenvalue weighted by atomic mass is 10.1. The number of nitrogens with two attached hydrogens (primary N) is 1. The van der Waals surface area contributed by atoms with E-state index in [0.717, 1.165) is 29.4 Å². The molecule has 0 bridgehead atoms. The second-order valence-electron chi connectivity index (χ2n) is 5.05. The number of rotatable bonds is 3. The first-order valence-corrected chi connectivity index (χ1v) is 7.07. The molecule has 2 aromatic carbocycles. The van der Waals surface area contributed by atoms with E-state index in [1.54, 1.807) is 0 Å². The lowest BCUT2D eigenvalue weighted by molar-refractivity contribution is 0.251. The topological polar surface area (TPSA) is 60.9 Å². The second-order valence-corrected chi connectivity index (χ2v) is 5.05. The largest absolute Gasteiger partial charge is 0.351 e. The van der Waals surface area contributed by atoms with Crippen LogP contribution in [0.15, 0.2) is 48.5 Å². The number of nitrogens with zero attached hydrogens (tertiary/aromatic N) is 2. The Morgan fingerprint density at radius 1 is 1.19 bits per heavy atom. The molecule has 2 N–H and O–H groups in total. The van der Waals surface area contributed by atoms with Crippen LogP contribution < -0.4 is 5.73 Å². The van der Waals surface area contributed by atoms with Crippen molar-refractivity contribution in [1.82, 2.24) is 9.55 Å². The van der Waals surface area contributed by atoms with Crippen LogP contribution in [-0.2, 0) is 6.42 Å². The predicted octanol–water partition coefficient (Wildman–Crippen LogP) is 3.58. The van der Waals surface area contributed by atoms with Crippen molar-refractivity contribution in [3.05, 3.63) is 54.1 Å². The Bertz CT molecular complexity index is 805. The van der Waals surface area contributed by atoms with E-state index >= 15 is 0 Å². The number of fused-ring (bicyclic) bond motifs is 1. The van der Waals surface area contributed by atoms with Crippen molar-refractivity contribution >= 4 is 17.1 Å². The highest BCUT2D eigenvalue weighted by molar-refractivity contribution is 5.93. The maximum atomic E-state index is 11.8. The van der Waals surface area contributed by atoms with Crippen LogP contribution in [0.3, 0.4) is 0 Å². The molecule has 1 amide bonds. The van der Waals surface area contributed by atoms with Crippen LogP contribution >= 0.6 is 0 Å². The third-order valence-electron chi connectivity index (χ3n) is 3.51. The van der Waals surface area contributed by atoms with Gasteiger partial charge < -0.3 is 5.73 Å². The number of benzene rings is 2. The normalized spacial score (nSPS) is 10.9. The van der Waals surface area contributed by atoms with Gasteiger partial charge in [0.1, 0.15) is 5.82 Å². The van der Waals surface area contributed by atoms with Crippen molar-refractivity contribution in [1.29, 1.82) is 0 Å². The number of primary amides is 1. The van der Waals surface area contributed by atoms with E-state index in [2.05, 4.69) is 24.0 Å². The van der Waals surface area contributed by atoms with Crippen molar-refractivity contribution in [2.24, 2.45) is 5.73 Å². The average molecular weight is 279 g/mol. The fourth-order valence-electron chi connectivity index (χ4n) is 2.60. The quantitative estimate of drug-likeness (QED) is 0.796. The Kier molecular flexibility index (Phi) is 3.44. The number of imidazole rings is 1. The van der Waals surface area contributed by atoms with Crippen LogP contribution in [-0.4, -0.2) is 15.6 Å². The summed E-state index contributed by atoms with van der Waals surface area (Å²) in [6.07, 6.45) is 2.08. The van der Waals surface area contributed by atoms with E-state index in [4.69, 9.17) is 5.73 Å². The molecule has 0 aliphatic rings. The van der Waals surface area contributed by atoms with Gasteiger partial charge in [-0.2, -0.15) is 0 Å². The maximum Gasteiger partial charge on any atom is 0.325 e. The lowest BCUT2D eigenvalue weighted by Gasteiger charge is -2.06. The first kappa shape index (κ1) is 13.4. The van der Waals surface area contributed by atoms with Crippen LogP contribution in [0.5, 0.6) is 0 Å². The summed E-state index contributed by atoms with van der Waals surface area (Å²) in [6.45, 7) is 2.14. The number of hydrogen-bond acceptors (Lipinski definition) is 2. The molecule has 4 nitrogen and oxygen atoms in total. The minimum atomic E-state index is -0.514. The smallest absolute Gasteiger partial charge is 0.325 e. The van der Waals surface area contributed by atoms with Gasteiger partial charge in [-0.15, -0.1) is 0 Å². The molecule has 0 fully saturated rings. The summed E-state index contributed by atoms with van der Waals surface area (Å²) in [5.74, 6) is 0.599. The van der Waals surface area contributed by atoms with Crippen molar-refractivity contribution in [3.8, 4) is 11.4 Å². The van der Waals surface area contributed by atoms with Crippen molar-refractivity contribution in [3.63, 3.8) is 0 Å². The monoisotopic (exact) mass is 279 g/mol. The summed E-state index contributed by atoms with van der Waals surface area (Å²) in [7, 11) is 0. The number of carbonyl (C=O) groups excluding carboxylic acids is 1. The standard InChI is InChI=1S/C17H17N3O/c1-2-6-12-7-5-8-13(11-12)16-19-14-9-3-4-10-15(14)20(16)17(18)21/h3-5,7-11H,2,6H2,1H3,(H2,18,21). The highest BCUT2D eigenvalue weighted by Gasteiger charge is 2.15. The zero-order valence-electron chi connectivity index (χ0n) is 11.9. The third kappa shape index (κ3) is 2.40. The zero-order valence-corrected chi connectivity index (χ0v) is 11.9. The van der Waals surface area contributed by atoms with E-state index in [1.807, 2.05) is 36.4 Å². The van der Waals surface area contributed by atoms with Crippen molar-refractivity contribution < 1.29 is 4.79 Å². The van der Waals surface area contributed by atoms with Gasteiger partial charge in [0.15, 0.2) is 0 Å². The van der Waals surface area contributed by atoms with E-state index in [1.165, 1.54) is 10.1 Å². The Hall–Kier alpha value is -2.62. The molecule has 0 radical (unpaired) electrons. The van der Waals surface area contributed by atoms with Gasteiger partial charge in [-0.1, -0.05) is 43.7 Å². The Morgan fingerprint density at radius 2 is 2.00 bits per heavy atom. The molecule has 3 aromatic rings. The SMILES string of the molecule is CCCc1cccc(-c2nc3ccccc3n2C(N)=O)c1. The van der Waals surface area contributed by atoms with E-state index in [0.29, 0.717) is 5.82 Å². The first-order valence-electron chi connectivity index (χ1n) is 7.07. The van der Waals surface area contributed by atoms with Gasteiger partial charge in [-0.3, -0.25) is 0 Å². The predicted molar refractivity (Wildman–Crippen MR) is 84.1 cm³/mol. The minimum Gasteiger partial charge on any atom is -0.351 e. The molecule has 0 saturated heterocycles. The molecule has 0 aliphatic heterocycles. The van der Waals surface area contributed by atoms with Crippen LogP contribution in [0.25, 0.3) is 22.4 Å². The molecule has 1 aromatic heterocycles. The van der Waals surface area contributed by atoms with Crippen LogP contribution in [0.1, 0.15) is 18.9 Å². The summed E-state index contributed by atoms with van der Waals surface area (Å²) in [6, 6.07) is 15.1. The number of aryl methyl sites for hydroxylation is 1. The second kappa shape index (κ2) is 5.40. The molecule has 4 heteroatoms. The summed E-state index contributed by atoms with van der Waals surface area (Å²) in [4.78, 5) is 16.4. The molecule has 3 rings (SSSR count). The van der Waals surface area contributed by atoms with Crippen LogP contribution in [0.2, 0.25) is 0 Å². The Morgan fingerprint density at radius 3 is 2.76 bits per heavy atom. The Balaban J connectivity index is 2.22. The molecular formula is C17H17N3O.